The summed E-state index contributed by atoms with van der Waals surface area (Å²) < 4.78 is 24.7. The molecule has 7 nitrogen and oxygen atoms in total. The van der Waals surface area contributed by atoms with Crippen LogP contribution >= 0.6 is 0 Å². The monoisotopic (exact) mass is 457 g/mol. The lowest BCUT2D eigenvalue weighted by Gasteiger charge is -2.36. The molecule has 1 amide bonds. The van der Waals surface area contributed by atoms with E-state index in [2.05, 4.69) is 21.2 Å². The number of anilines is 3. The summed E-state index contributed by atoms with van der Waals surface area (Å²) in [7, 11) is 0. The molecule has 0 bridgehead atoms. The Morgan fingerprint density at radius 1 is 1.09 bits per heavy atom. The minimum Gasteiger partial charge on any atom is -0.755 e. The molecule has 0 spiro atoms. The average molecular weight is 458 g/mol. The highest BCUT2D eigenvalue weighted by Crippen LogP contribution is 2.21. The second-order valence-electron chi connectivity index (χ2n) is 8.14. The molecule has 1 heterocycles. The van der Waals surface area contributed by atoms with Crippen molar-refractivity contribution in [3.05, 3.63) is 54.1 Å². The highest BCUT2D eigenvalue weighted by molar-refractivity contribution is 7.80. The van der Waals surface area contributed by atoms with E-state index in [0.29, 0.717) is 13.0 Å². The van der Waals surface area contributed by atoms with Gasteiger partial charge < -0.3 is 19.1 Å². The van der Waals surface area contributed by atoms with Crippen molar-refractivity contribution in [1.82, 2.24) is 4.90 Å². The van der Waals surface area contributed by atoms with E-state index in [9.17, 15) is 13.6 Å². The van der Waals surface area contributed by atoms with Crippen LogP contribution in [0.3, 0.4) is 0 Å². The lowest BCUT2D eigenvalue weighted by molar-refractivity contribution is -0.115. The zero-order valence-corrected chi connectivity index (χ0v) is 19.8. The largest absolute Gasteiger partial charge is 0.755 e. The number of benzene rings is 2. The predicted octanol–water partition coefficient (Wildman–Crippen LogP) is 3.55. The molecule has 0 saturated carbocycles. The van der Waals surface area contributed by atoms with Crippen LogP contribution in [0.15, 0.2) is 48.5 Å². The molecule has 1 saturated heterocycles. The number of carbonyl (C=O) groups is 1. The Bertz CT molecular complexity index is 898. The molecule has 1 aliphatic rings. The van der Waals surface area contributed by atoms with E-state index in [1.165, 1.54) is 4.31 Å². The van der Waals surface area contributed by atoms with Gasteiger partial charge in [-0.2, -0.15) is 0 Å². The van der Waals surface area contributed by atoms with E-state index >= 15 is 0 Å². The van der Waals surface area contributed by atoms with Crippen molar-refractivity contribution in [2.24, 2.45) is 0 Å². The first-order valence-electron chi connectivity index (χ1n) is 11.3. The molecule has 1 atom stereocenters. The fourth-order valence-electron chi connectivity index (χ4n) is 3.85. The molecule has 0 aliphatic carbocycles. The zero-order chi connectivity index (χ0) is 22.9. The third kappa shape index (κ3) is 7.05. The van der Waals surface area contributed by atoms with E-state index < -0.39 is 11.3 Å². The molecule has 1 fully saturated rings. The SMILES string of the molecule is CCC(=O)Nc1cccc(N2CCN(CCCCN(c3ccc(C)cc3)S(=O)[O-])CC2)c1. The van der Waals surface area contributed by atoms with Crippen LogP contribution in [0.4, 0.5) is 17.1 Å². The van der Waals surface area contributed by atoms with Crippen LogP contribution in [0, 0.1) is 6.92 Å². The Kier molecular flexibility index (Phi) is 9.08. The van der Waals surface area contributed by atoms with E-state index in [1.54, 1.807) is 0 Å². The Morgan fingerprint density at radius 2 is 1.81 bits per heavy atom. The molecule has 0 radical (unpaired) electrons. The van der Waals surface area contributed by atoms with Gasteiger partial charge in [-0.25, -0.2) is 0 Å². The summed E-state index contributed by atoms with van der Waals surface area (Å²) in [4.78, 5) is 16.4. The number of nitrogens with one attached hydrogen (secondary N) is 1. The van der Waals surface area contributed by atoms with E-state index in [0.717, 1.165) is 68.2 Å². The Labute approximate surface area is 193 Å². The van der Waals surface area contributed by atoms with Gasteiger partial charge in [0.1, 0.15) is 0 Å². The number of piperazine rings is 1. The van der Waals surface area contributed by atoms with Crippen LogP contribution in [0.25, 0.3) is 0 Å². The van der Waals surface area contributed by atoms with Crippen molar-refractivity contribution in [3.63, 3.8) is 0 Å². The Balaban J connectivity index is 1.41. The number of nitrogens with zero attached hydrogens (tertiary/aromatic N) is 3. The minimum absolute atomic E-state index is 0.0220. The van der Waals surface area contributed by atoms with Crippen LogP contribution in [-0.2, 0) is 16.1 Å². The van der Waals surface area contributed by atoms with Gasteiger partial charge in [0.05, 0.1) is 0 Å². The van der Waals surface area contributed by atoms with Crippen molar-refractivity contribution >= 4 is 34.2 Å². The Hall–Kier alpha value is -2.42. The predicted molar refractivity (Wildman–Crippen MR) is 131 cm³/mol. The van der Waals surface area contributed by atoms with Gasteiger partial charge >= 0.3 is 0 Å². The highest BCUT2D eigenvalue weighted by atomic mass is 32.2. The molecular formula is C24H33N4O3S-. The third-order valence-corrected chi connectivity index (χ3v) is 6.53. The molecule has 0 aromatic heterocycles. The average Bonchev–Trinajstić information content (AvgIpc) is 2.80. The topological polar surface area (TPSA) is 79.0 Å². The molecular weight excluding hydrogens is 424 g/mol. The van der Waals surface area contributed by atoms with Crippen LogP contribution in [0.2, 0.25) is 0 Å². The van der Waals surface area contributed by atoms with E-state index in [-0.39, 0.29) is 5.91 Å². The normalized spacial score (nSPS) is 15.4. The molecule has 2 aromatic rings. The van der Waals surface area contributed by atoms with Crippen molar-refractivity contribution in [1.29, 1.82) is 0 Å². The first kappa shape index (κ1) is 24.2. The molecule has 1 N–H and O–H groups in total. The molecule has 32 heavy (non-hydrogen) atoms. The van der Waals surface area contributed by atoms with Crippen molar-refractivity contribution in [2.75, 3.05) is 53.8 Å². The van der Waals surface area contributed by atoms with Gasteiger partial charge in [0.25, 0.3) is 0 Å². The van der Waals surface area contributed by atoms with Crippen LogP contribution in [0.1, 0.15) is 31.7 Å². The number of aryl methyl sites for hydroxylation is 1. The molecule has 8 heteroatoms. The molecule has 3 rings (SSSR count). The molecule has 1 aliphatic heterocycles. The van der Waals surface area contributed by atoms with Crippen LogP contribution < -0.4 is 14.5 Å². The number of hydrogen-bond donors (Lipinski definition) is 1. The maximum Gasteiger partial charge on any atom is 0.224 e. The van der Waals surface area contributed by atoms with Gasteiger partial charge in [-0.15, -0.1) is 0 Å². The highest BCUT2D eigenvalue weighted by Gasteiger charge is 2.17. The summed E-state index contributed by atoms with van der Waals surface area (Å²) >= 11 is -2.26. The molecule has 1 unspecified atom stereocenters. The number of rotatable bonds is 10. The lowest BCUT2D eigenvalue weighted by atomic mass is 10.2. The van der Waals surface area contributed by atoms with Crippen molar-refractivity contribution in [3.8, 4) is 0 Å². The second-order valence-corrected chi connectivity index (χ2v) is 9.02. The maximum absolute atomic E-state index is 11.6. The van der Waals surface area contributed by atoms with Gasteiger partial charge in [0, 0.05) is 67.5 Å². The van der Waals surface area contributed by atoms with Gasteiger partial charge in [0.2, 0.25) is 5.91 Å². The van der Waals surface area contributed by atoms with Crippen LogP contribution in [0.5, 0.6) is 0 Å². The first-order valence-corrected chi connectivity index (χ1v) is 12.3. The fourth-order valence-corrected chi connectivity index (χ4v) is 4.42. The summed E-state index contributed by atoms with van der Waals surface area (Å²) in [6, 6.07) is 15.6. The third-order valence-electron chi connectivity index (χ3n) is 5.78. The minimum atomic E-state index is -2.26. The van der Waals surface area contributed by atoms with Gasteiger partial charge in [-0.1, -0.05) is 30.7 Å². The smallest absolute Gasteiger partial charge is 0.224 e. The maximum atomic E-state index is 11.6. The van der Waals surface area contributed by atoms with Crippen LogP contribution in [-0.4, -0.2) is 58.8 Å². The Morgan fingerprint density at radius 3 is 2.47 bits per heavy atom. The summed E-state index contributed by atoms with van der Waals surface area (Å²) in [5, 5.41) is 2.92. The van der Waals surface area contributed by atoms with Gasteiger partial charge in [-0.3, -0.25) is 13.9 Å². The number of unbranched alkanes of at least 4 members (excludes halogenated alkanes) is 1. The number of carbonyl (C=O) groups excluding carboxylic acids is 1. The number of hydrogen-bond acceptors (Lipinski definition) is 5. The second kappa shape index (κ2) is 12.0. The summed E-state index contributed by atoms with van der Waals surface area (Å²) in [6.45, 7) is 9.11. The molecule has 2 aromatic carbocycles. The summed E-state index contributed by atoms with van der Waals surface area (Å²) in [6.07, 6.45) is 2.25. The van der Waals surface area contributed by atoms with Crippen molar-refractivity contribution < 1.29 is 13.6 Å². The quantitative estimate of drug-likeness (QED) is 0.436. The summed E-state index contributed by atoms with van der Waals surface area (Å²) in [5.41, 5.74) is 3.80. The van der Waals surface area contributed by atoms with E-state index in [1.807, 2.05) is 56.3 Å². The number of amides is 1. The van der Waals surface area contributed by atoms with E-state index in [4.69, 9.17) is 0 Å². The van der Waals surface area contributed by atoms with Gasteiger partial charge in [0.15, 0.2) is 0 Å². The fraction of sp³-hybridized carbons (Fsp3) is 0.458. The summed E-state index contributed by atoms with van der Waals surface area (Å²) in [5.74, 6) is 0.0220. The van der Waals surface area contributed by atoms with Gasteiger partial charge in [-0.05, 0) is 56.6 Å². The lowest BCUT2D eigenvalue weighted by Crippen LogP contribution is -2.46. The molecule has 174 valence electrons. The zero-order valence-electron chi connectivity index (χ0n) is 19.0. The first-order chi connectivity index (χ1) is 15.5. The standard InChI is InChI=1S/C24H34N4O3S/c1-3-24(29)25-21-7-6-8-23(19-21)27-17-15-26(16-18-27)13-4-5-14-28(32(30)31)22-11-9-20(2)10-12-22/h6-12,19H,3-5,13-18H2,1-2H3,(H,25,29)(H,30,31)/p-1. The van der Waals surface area contributed by atoms with Crippen molar-refractivity contribution in [2.45, 2.75) is 33.1 Å².